The quantitative estimate of drug-likeness (QED) is 0.451. The van der Waals surface area contributed by atoms with Crippen LogP contribution in [0.3, 0.4) is 0 Å². The van der Waals surface area contributed by atoms with Crippen LogP contribution in [0.25, 0.3) is 21.9 Å². The van der Waals surface area contributed by atoms with Crippen molar-refractivity contribution in [1.82, 2.24) is 19.9 Å². The average Bonchev–Trinajstić information content (AvgIpc) is 3.37. The summed E-state index contributed by atoms with van der Waals surface area (Å²) in [7, 11) is 0. The molecular weight excluding hydrogens is 405 g/mol. The van der Waals surface area contributed by atoms with Crippen molar-refractivity contribution in [3.05, 3.63) is 65.1 Å². The number of alkyl halides is 3. The third kappa shape index (κ3) is 3.56. The van der Waals surface area contributed by atoms with Gasteiger partial charge in [0, 0.05) is 35.6 Å². The van der Waals surface area contributed by atoms with Gasteiger partial charge in [-0.05, 0) is 55.7 Å². The molecule has 0 radical (unpaired) electrons. The summed E-state index contributed by atoms with van der Waals surface area (Å²) < 4.78 is 38.7. The number of nitrogens with zero attached hydrogens (tertiary/aromatic N) is 2. The van der Waals surface area contributed by atoms with Gasteiger partial charge in [0.15, 0.2) is 0 Å². The van der Waals surface area contributed by atoms with Gasteiger partial charge in [0.2, 0.25) is 0 Å². The molecule has 1 amide bonds. The number of rotatable bonds is 2. The molecule has 31 heavy (non-hydrogen) atoms. The van der Waals surface area contributed by atoms with Gasteiger partial charge in [0.25, 0.3) is 5.91 Å². The fourth-order valence-electron chi connectivity index (χ4n) is 4.39. The van der Waals surface area contributed by atoms with E-state index in [4.69, 9.17) is 0 Å². The number of amides is 1. The summed E-state index contributed by atoms with van der Waals surface area (Å²) in [5, 5.41) is 1.05. The first-order valence-electron chi connectivity index (χ1n) is 10.2. The number of carbonyl (C=O) groups excluding carboxylic acids is 1. The molecule has 1 saturated heterocycles. The van der Waals surface area contributed by atoms with Crippen molar-refractivity contribution < 1.29 is 18.0 Å². The normalized spacial score (nSPS) is 15.8. The molecule has 5 nitrogen and oxygen atoms in total. The zero-order valence-corrected chi connectivity index (χ0v) is 16.9. The number of halogens is 3. The fourth-order valence-corrected chi connectivity index (χ4v) is 4.39. The van der Waals surface area contributed by atoms with Crippen LogP contribution >= 0.6 is 0 Å². The molecule has 1 fully saturated rings. The maximum absolute atomic E-state index is 13.0. The van der Waals surface area contributed by atoms with E-state index < -0.39 is 11.9 Å². The Balaban J connectivity index is 1.30. The smallest absolute Gasteiger partial charge is 0.357 e. The van der Waals surface area contributed by atoms with Gasteiger partial charge in [0.1, 0.15) is 11.4 Å². The van der Waals surface area contributed by atoms with E-state index in [1.54, 1.807) is 6.07 Å². The van der Waals surface area contributed by atoms with Crippen molar-refractivity contribution in [3.8, 4) is 0 Å². The van der Waals surface area contributed by atoms with Gasteiger partial charge >= 0.3 is 6.18 Å². The number of fused-ring (bicyclic) bond motifs is 2. The van der Waals surface area contributed by atoms with Crippen LogP contribution in [0.2, 0.25) is 0 Å². The van der Waals surface area contributed by atoms with Gasteiger partial charge in [0.05, 0.1) is 11.0 Å². The largest absolute Gasteiger partial charge is 0.433 e. The van der Waals surface area contributed by atoms with E-state index in [0.717, 1.165) is 41.1 Å². The monoisotopic (exact) mass is 426 g/mol. The molecule has 0 atom stereocenters. The van der Waals surface area contributed by atoms with E-state index in [-0.39, 0.29) is 11.8 Å². The number of hydrogen-bond acceptors (Lipinski definition) is 2. The number of H-pyrrole nitrogens is 2. The van der Waals surface area contributed by atoms with Crippen LogP contribution in [-0.2, 0) is 6.18 Å². The summed E-state index contributed by atoms with van der Waals surface area (Å²) in [5.74, 6) is 0.125. The van der Waals surface area contributed by atoms with Gasteiger partial charge in [-0.25, -0.2) is 4.98 Å². The molecule has 8 heteroatoms. The minimum Gasteiger partial charge on any atom is -0.357 e. The summed E-state index contributed by atoms with van der Waals surface area (Å²) in [6.07, 6.45) is -2.98. The topological polar surface area (TPSA) is 64.8 Å². The van der Waals surface area contributed by atoms with Gasteiger partial charge in [-0.15, -0.1) is 0 Å². The van der Waals surface area contributed by atoms with Crippen LogP contribution in [0.4, 0.5) is 13.2 Å². The lowest BCUT2D eigenvalue weighted by molar-refractivity contribution is -0.140. The Hall–Kier alpha value is -3.29. The first-order chi connectivity index (χ1) is 14.8. The molecule has 0 saturated carbocycles. The second-order valence-electron chi connectivity index (χ2n) is 8.14. The van der Waals surface area contributed by atoms with Gasteiger partial charge < -0.3 is 14.9 Å². The van der Waals surface area contributed by atoms with Crippen LogP contribution in [0.1, 0.15) is 46.2 Å². The van der Waals surface area contributed by atoms with Crippen molar-refractivity contribution in [2.75, 3.05) is 13.1 Å². The molecule has 2 N–H and O–H groups in total. The number of piperidine rings is 1. The molecule has 1 aliphatic heterocycles. The van der Waals surface area contributed by atoms with Crippen LogP contribution in [0, 0.1) is 6.92 Å². The van der Waals surface area contributed by atoms with E-state index in [0.29, 0.717) is 29.8 Å². The minimum atomic E-state index is -4.46. The van der Waals surface area contributed by atoms with E-state index in [1.165, 1.54) is 6.07 Å². The Morgan fingerprint density at radius 3 is 2.55 bits per heavy atom. The number of likely N-dealkylation sites (tertiary alicyclic amines) is 1. The summed E-state index contributed by atoms with van der Waals surface area (Å²) in [6, 6.07) is 12.0. The average molecular weight is 426 g/mol. The summed E-state index contributed by atoms with van der Waals surface area (Å²) in [4.78, 5) is 25.0. The Labute approximate surface area is 176 Å². The number of aryl methyl sites for hydroxylation is 1. The van der Waals surface area contributed by atoms with Gasteiger partial charge in [-0.2, -0.15) is 13.2 Å². The number of hydrogen-bond donors (Lipinski definition) is 2. The summed E-state index contributed by atoms with van der Waals surface area (Å²) in [5.41, 5.74) is 3.54. The van der Waals surface area contributed by atoms with Crippen molar-refractivity contribution in [3.63, 3.8) is 0 Å². The van der Waals surface area contributed by atoms with Crippen LogP contribution in [0.5, 0.6) is 0 Å². The van der Waals surface area contributed by atoms with Crippen LogP contribution < -0.4 is 0 Å². The Bertz CT molecular complexity index is 1280. The number of aromatic amines is 2. The van der Waals surface area contributed by atoms with E-state index in [1.807, 2.05) is 36.1 Å². The fraction of sp³-hybridized carbons (Fsp3) is 0.304. The number of aromatic nitrogens is 3. The van der Waals surface area contributed by atoms with E-state index >= 15 is 0 Å². The summed E-state index contributed by atoms with van der Waals surface area (Å²) >= 11 is 0. The molecule has 4 aromatic rings. The molecule has 0 aliphatic carbocycles. The second-order valence-corrected chi connectivity index (χ2v) is 8.14. The Morgan fingerprint density at radius 1 is 1.06 bits per heavy atom. The van der Waals surface area contributed by atoms with Crippen molar-refractivity contribution in [2.24, 2.45) is 0 Å². The van der Waals surface area contributed by atoms with Crippen molar-refractivity contribution in [1.29, 1.82) is 0 Å². The standard InChI is InChI=1S/C23H21F3N4O/c1-13-3-2-4-16-15(13)11-20(27-16)22(31)30-9-7-14(8-10-30)18-12-19-17(28-18)5-6-21(29-19)23(24,25)26/h2-6,11-12,14,27-28H,7-10H2,1H3. The highest BCUT2D eigenvalue weighted by molar-refractivity contribution is 5.98. The molecule has 0 unspecified atom stereocenters. The molecule has 4 heterocycles. The first kappa shape index (κ1) is 19.7. The third-order valence-electron chi connectivity index (χ3n) is 6.12. The predicted octanol–water partition coefficient (Wildman–Crippen LogP) is 5.39. The van der Waals surface area contributed by atoms with Gasteiger partial charge in [-0.3, -0.25) is 4.79 Å². The van der Waals surface area contributed by atoms with E-state index in [2.05, 4.69) is 15.0 Å². The van der Waals surface area contributed by atoms with Gasteiger partial charge in [-0.1, -0.05) is 12.1 Å². The summed E-state index contributed by atoms with van der Waals surface area (Å²) in [6.45, 7) is 3.20. The zero-order chi connectivity index (χ0) is 21.8. The lowest BCUT2D eigenvalue weighted by Crippen LogP contribution is -2.38. The highest BCUT2D eigenvalue weighted by Gasteiger charge is 2.33. The minimum absolute atomic E-state index is 0.0258. The lowest BCUT2D eigenvalue weighted by Gasteiger charge is -2.31. The predicted molar refractivity (Wildman–Crippen MR) is 112 cm³/mol. The molecule has 1 aromatic carbocycles. The molecular formula is C23H21F3N4O. The maximum Gasteiger partial charge on any atom is 0.433 e. The highest BCUT2D eigenvalue weighted by atomic mass is 19.4. The third-order valence-corrected chi connectivity index (χ3v) is 6.12. The second kappa shape index (κ2) is 7.14. The zero-order valence-electron chi connectivity index (χ0n) is 16.9. The van der Waals surface area contributed by atoms with E-state index in [9.17, 15) is 18.0 Å². The molecule has 0 spiro atoms. The van der Waals surface area contributed by atoms with Crippen LogP contribution in [0.15, 0.2) is 42.5 Å². The Morgan fingerprint density at radius 2 is 1.84 bits per heavy atom. The lowest BCUT2D eigenvalue weighted by atomic mass is 9.93. The molecule has 5 rings (SSSR count). The van der Waals surface area contributed by atoms with Crippen molar-refractivity contribution in [2.45, 2.75) is 31.9 Å². The molecule has 3 aromatic heterocycles. The maximum atomic E-state index is 13.0. The highest BCUT2D eigenvalue weighted by Crippen LogP contribution is 2.33. The molecule has 0 bridgehead atoms. The molecule has 1 aliphatic rings. The first-order valence-corrected chi connectivity index (χ1v) is 10.2. The molecule has 160 valence electrons. The number of carbonyl (C=O) groups is 1. The van der Waals surface area contributed by atoms with Crippen molar-refractivity contribution >= 4 is 27.8 Å². The number of nitrogens with one attached hydrogen (secondary N) is 2. The SMILES string of the molecule is Cc1cccc2[nH]c(C(=O)N3CCC(c4cc5nc(C(F)(F)F)ccc5[nH]4)CC3)cc12. The number of pyridine rings is 1. The van der Waals surface area contributed by atoms with Crippen LogP contribution in [-0.4, -0.2) is 38.8 Å². The number of benzene rings is 1. The Kier molecular flexibility index (Phi) is 4.53.